The summed E-state index contributed by atoms with van der Waals surface area (Å²) in [4.78, 5) is 0. The molecular weight excluding hydrogens is 194 g/mol. The molecule has 1 rings (SSSR count). The van der Waals surface area contributed by atoms with Gasteiger partial charge in [-0.05, 0) is 6.42 Å². The van der Waals surface area contributed by atoms with Gasteiger partial charge in [-0.15, -0.1) is 10.2 Å². The number of rotatable bonds is 4. The number of nitrogens with zero attached hydrogens (tertiary/aromatic N) is 3. The summed E-state index contributed by atoms with van der Waals surface area (Å²) >= 11 is 1.80. The van der Waals surface area contributed by atoms with Crippen molar-refractivity contribution in [1.82, 2.24) is 14.8 Å². The van der Waals surface area contributed by atoms with E-state index in [-0.39, 0.29) is 0 Å². The number of hydrogen-bond donors (Lipinski definition) is 0. The first-order chi connectivity index (χ1) is 6.56. The van der Waals surface area contributed by atoms with E-state index < -0.39 is 0 Å². The highest BCUT2D eigenvalue weighted by molar-refractivity contribution is 7.99. The van der Waals surface area contributed by atoms with Crippen LogP contribution in [0.5, 0.6) is 0 Å². The van der Waals surface area contributed by atoms with E-state index in [2.05, 4.69) is 42.5 Å². The normalized spacial score (nSPS) is 13.6. The summed E-state index contributed by atoms with van der Waals surface area (Å²) in [5.41, 5.74) is 0. The minimum atomic E-state index is 0.443. The zero-order valence-corrected chi connectivity index (χ0v) is 10.4. The Balaban J connectivity index is 2.79. The Hall–Kier alpha value is -0.510. The predicted molar refractivity (Wildman–Crippen MR) is 60.7 cm³/mol. The van der Waals surface area contributed by atoms with Gasteiger partial charge in [0.1, 0.15) is 5.82 Å². The van der Waals surface area contributed by atoms with Crippen LogP contribution in [-0.2, 0) is 7.05 Å². The average molecular weight is 213 g/mol. The van der Waals surface area contributed by atoms with Gasteiger partial charge in [0.25, 0.3) is 0 Å². The van der Waals surface area contributed by atoms with Crippen molar-refractivity contribution in [3.8, 4) is 0 Å². The van der Waals surface area contributed by atoms with Crippen molar-refractivity contribution in [3.63, 3.8) is 0 Å². The van der Waals surface area contributed by atoms with Crippen LogP contribution >= 0.6 is 11.8 Å². The molecule has 1 unspecified atom stereocenters. The molecule has 1 aromatic heterocycles. The summed E-state index contributed by atoms with van der Waals surface area (Å²) in [6, 6.07) is 0. The Bertz CT molecular complexity index is 294. The van der Waals surface area contributed by atoms with E-state index >= 15 is 0 Å². The van der Waals surface area contributed by atoms with Crippen LogP contribution in [0, 0.1) is 0 Å². The van der Waals surface area contributed by atoms with Crippen molar-refractivity contribution < 1.29 is 0 Å². The smallest absolute Gasteiger partial charge is 0.191 e. The summed E-state index contributed by atoms with van der Waals surface area (Å²) in [5.74, 6) is 1.51. The van der Waals surface area contributed by atoms with Crippen molar-refractivity contribution in [2.75, 3.05) is 0 Å². The number of hydrogen-bond acceptors (Lipinski definition) is 3. The van der Waals surface area contributed by atoms with Gasteiger partial charge in [0.2, 0.25) is 0 Å². The van der Waals surface area contributed by atoms with E-state index in [9.17, 15) is 0 Å². The molecule has 1 heterocycles. The molecule has 0 aliphatic rings. The highest BCUT2D eigenvalue weighted by Crippen LogP contribution is 2.24. The van der Waals surface area contributed by atoms with Gasteiger partial charge in [-0.1, -0.05) is 39.5 Å². The topological polar surface area (TPSA) is 30.7 Å². The lowest BCUT2D eigenvalue weighted by Crippen LogP contribution is -2.02. The van der Waals surface area contributed by atoms with Crippen molar-refractivity contribution in [2.45, 2.75) is 50.4 Å². The molecular formula is C10H19N3S. The van der Waals surface area contributed by atoms with Crippen LogP contribution in [-0.4, -0.2) is 20.0 Å². The Kier molecular flexibility index (Phi) is 3.98. The molecule has 0 aliphatic carbocycles. The third-order valence-electron chi connectivity index (χ3n) is 2.27. The summed E-state index contributed by atoms with van der Waals surface area (Å²) in [6.45, 7) is 8.69. The van der Waals surface area contributed by atoms with Gasteiger partial charge in [0.05, 0.1) is 0 Å². The summed E-state index contributed by atoms with van der Waals surface area (Å²) in [7, 11) is 2.04. The fourth-order valence-corrected chi connectivity index (χ4v) is 2.06. The molecule has 1 aromatic rings. The molecule has 0 radical (unpaired) electrons. The molecule has 0 amide bonds. The minimum absolute atomic E-state index is 0.443. The summed E-state index contributed by atoms with van der Waals surface area (Å²) < 4.78 is 2.10. The van der Waals surface area contributed by atoms with Gasteiger partial charge in [0, 0.05) is 18.2 Å². The van der Waals surface area contributed by atoms with Crippen LogP contribution in [0.25, 0.3) is 0 Å². The maximum atomic E-state index is 4.20. The van der Waals surface area contributed by atoms with Gasteiger partial charge in [-0.3, -0.25) is 0 Å². The van der Waals surface area contributed by atoms with Gasteiger partial charge in [-0.25, -0.2) is 0 Å². The van der Waals surface area contributed by atoms with Crippen LogP contribution < -0.4 is 0 Å². The van der Waals surface area contributed by atoms with Gasteiger partial charge in [-0.2, -0.15) is 0 Å². The zero-order chi connectivity index (χ0) is 10.7. The molecule has 0 N–H and O–H groups in total. The molecule has 0 bridgehead atoms. The maximum Gasteiger partial charge on any atom is 0.191 e. The first-order valence-corrected chi connectivity index (χ1v) is 6.00. The van der Waals surface area contributed by atoms with Crippen LogP contribution in [0.15, 0.2) is 5.16 Å². The average Bonchev–Trinajstić information content (AvgIpc) is 2.48. The van der Waals surface area contributed by atoms with E-state index in [1.165, 1.54) is 0 Å². The Morgan fingerprint density at radius 2 is 1.93 bits per heavy atom. The third-order valence-corrected chi connectivity index (χ3v) is 3.57. The number of thioether (sulfide) groups is 1. The summed E-state index contributed by atoms with van der Waals surface area (Å²) in [6.07, 6.45) is 1.16. The molecule has 1 atom stereocenters. The molecule has 0 aromatic carbocycles. The van der Waals surface area contributed by atoms with Crippen LogP contribution in [0.2, 0.25) is 0 Å². The Labute approximate surface area is 90.3 Å². The fraction of sp³-hybridized carbons (Fsp3) is 0.800. The lowest BCUT2D eigenvalue weighted by molar-refractivity contribution is 0.678. The monoisotopic (exact) mass is 213 g/mol. The van der Waals surface area contributed by atoms with Gasteiger partial charge >= 0.3 is 0 Å². The van der Waals surface area contributed by atoms with Gasteiger partial charge < -0.3 is 4.57 Å². The molecule has 0 saturated carbocycles. The maximum absolute atomic E-state index is 4.20. The van der Waals surface area contributed by atoms with Gasteiger partial charge in [0.15, 0.2) is 5.16 Å². The standard InChI is InChI=1S/C10H19N3S/c1-6-8(4)14-10-12-11-9(7(2)3)13(10)5/h7-8H,6H2,1-5H3. The molecule has 14 heavy (non-hydrogen) atoms. The first kappa shape index (κ1) is 11.6. The van der Waals surface area contributed by atoms with Crippen molar-refractivity contribution >= 4 is 11.8 Å². The Morgan fingerprint density at radius 3 is 2.36 bits per heavy atom. The molecule has 0 saturated heterocycles. The third kappa shape index (κ3) is 2.50. The fourth-order valence-electron chi connectivity index (χ4n) is 1.19. The summed E-state index contributed by atoms with van der Waals surface area (Å²) in [5, 5.41) is 10.0. The number of aromatic nitrogens is 3. The van der Waals surface area contributed by atoms with Crippen molar-refractivity contribution in [2.24, 2.45) is 7.05 Å². The molecule has 0 aliphatic heterocycles. The van der Waals surface area contributed by atoms with Crippen LogP contribution in [0.4, 0.5) is 0 Å². The van der Waals surface area contributed by atoms with Crippen molar-refractivity contribution in [1.29, 1.82) is 0 Å². The predicted octanol–water partition coefficient (Wildman–Crippen LogP) is 2.83. The van der Waals surface area contributed by atoms with E-state index in [4.69, 9.17) is 0 Å². The van der Waals surface area contributed by atoms with Crippen LogP contribution in [0.3, 0.4) is 0 Å². The SMILES string of the molecule is CCC(C)Sc1nnc(C(C)C)n1C. The highest BCUT2D eigenvalue weighted by atomic mass is 32.2. The molecule has 3 nitrogen and oxygen atoms in total. The van der Waals surface area contributed by atoms with E-state index in [1.54, 1.807) is 11.8 Å². The van der Waals surface area contributed by atoms with E-state index in [0.29, 0.717) is 11.2 Å². The Morgan fingerprint density at radius 1 is 1.29 bits per heavy atom. The quantitative estimate of drug-likeness (QED) is 0.721. The van der Waals surface area contributed by atoms with Crippen molar-refractivity contribution in [3.05, 3.63) is 5.82 Å². The largest absolute Gasteiger partial charge is 0.309 e. The second-order valence-corrected chi connectivity index (χ2v) is 5.30. The molecule has 0 fully saturated rings. The van der Waals surface area contributed by atoms with Crippen LogP contribution in [0.1, 0.15) is 45.9 Å². The lowest BCUT2D eigenvalue weighted by Gasteiger charge is -2.08. The zero-order valence-electron chi connectivity index (χ0n) is 9.61. The second-order valence-electron chi connectivity index (χ2n) is 3.89. The van der Waals surface area contributed by atoms with E-state index in [1.807, 2.05) is 7.05 Å². The molecule has 0 spiro atoms. The minimum Gasteiger partial charge on any atom is -0.309 e. The molecule has 80 valence electrons. The van der Waals surface area contributed by atoms with E-state index in [0.717, 1.165) is 17.4 Å². The highest BCUT2D eigenvalue weighted by Gasteiger charge is 2.13. The molecule has 4 heteroatoms. The lowest BCUT2D eigenvalue weighted by atomic mass is 10.2. The first-order valence-electron chi connectivity index (χ1n) is 5.12. The second kappa shape index (κ2) is 4.82.